The molecule has 0 saturated heterocycles. The Balaban J connectivity index is 1.51. The molecule has 4 rings (SSSR count). The molecule has 0 aliphatic carbocycles. The minimum atomic E-state index is -0.121. The topological polar surface area (TPSA) is 49.9 Å². The lowest BCUT2D eigenvalue weighted by molar-refractivity contribution is -0.129. The Bertz CT molecular complexity index is 1290. The van der Waals surface area contributed by atoms with Crippen LogP contribution in [0.25, 0.3) is 0 Å². The van der Waals surface area contributed by atoms with Crippen molar-refractivity contribution in [2.45, 2.75) is 19.5 Å². The molecule has 5 heteroatoms. The number of nitrogens with zero attached hydrogens (tertiary/aromatic N) is 2. The van der Waals surface area contributed by atoms with Crippen molar-refractivity contribution in [1.29, 1.82) is 0 Å². The summed E-state index contributed by atoms with van der Waals surface area (Å²) in [6, 6.07) is 34.6. The predicted octanol–water partition coefficient (Wildman–Crippen LogP) is 5.74. The lowest BCUT2D eigenvalue weighted by atomic mass is 10.1. The molecule has 0 spiro atoms. The molecule has 0 radical (unpaired) electrons. The number of carbonyl (C=O) groups is 2. The van der Waals surface area contributed by atoms with E-state index in [1.165, 1.54) is 0 Å². The van der Waals surface area contributed by atoms with E-state index < -0.39 is 0 Å². The lowest BCUT2D eigenvalue weighted by Gasteiger charge is -2.24. The first-order chi connectivity index (χ1) is 17.5. The Morgan fingerprint density at radius 2 is 1.31 bits per heavy atom. The average Bonchev–Trinajstić information content (AvgIpc) is 2.93. The SMILES string of the molecule is COc1cccc(C(=O)N(Cc2ccccc2)c2ccc(CC(=O)N(C)Cc3ccccc3)cc2)c1. The Kier molecular flexibility index (Phi) is 8.14. The number of rotatable bonds is 9. The number of benzene rings is 4. The van der Waals surface area contributed by atoms with Crippen LogP contribution in [0.5, 0.6) is 5.75 Å². The zero-order valence-corrected chi connectivity index (χ0v) is 20.6. The molecule has 0 saturated carbocycles. The van der Waals surface area contributed by atoms with Gasteiger partial charge in [0, 0.05) is 24.8 Å². The summed E-state index contributed by atoms with van der Waals surface area (Å²) in [5.74, 6) is 0.554. The number of likely N-dealkylation sites (N-methyl/N-ethyl adjacent to an activating group) is 1. The predicted molar refractivity (Wildman–Crippen MR) is 143 cm³/mol. The first-order valence-electron chi connectivity index (χ1n) is 11.9. The van der Waals surface area contributed by atoms with Crippen LogP contribution in [0.2, 0.25) is 0 Å². The van der Waals surface area contributed by atoms with Gasteiger partial charge in [-0.25, -0.2) is 0 Å². The third-order valence-electron chi connectivity index (χ3n) is 6.04. The van der Waals surface area contributed by atoms with Crippen LogP contribution >= 0.6 is 0 Å². The van der Waals surface area contributed by atoms with Crippen LogP contribution in [0.1, 0.15) is 27.0 Å². The molecule has 5 nitrogen and oxygen atoms in total. The van der Waals surface area contributed by atoms with Gasteiger partial charge in [0.25, 0.3) is 5.91 Å². The van der Waals surface area contributed by atoms with Gasteiger partial charge in [0.05, 0.1) is 20.1 Å². The third-order valence-corrected chi connectivity index (χ3v) is 6.04. The van der Waals surface area contributed by atoms with Crippen LogP contribution < -0.4 is 9.64 Å². The number of methoxy groups -OCH3 is 1. The van der Waals surface area contributed by atoms with Crippen LogP contribution in [-0.2, 0) is 24.3 Å². The van der Waals surface area contributed by atoms with Crippen molar-refractivity contribution in [3.8, 4) is 5.75 Å². The summed E-state index contributed by atoms with van der Waals surface area (Å²) in [7, 11) is 3.40. The van der Waals surface area contributed by atoms with E-state index in [2.05, 4.69) is 0 Å². The van der Waals surface area contributed by atoms with Crippen molar-refractivity contribution in [3.05, 3.63) is 131 Å². The van der Waals surface area contributed by atoms with Gasteiger partial charge < -0.3 is 14.5 Å². The maximum Gasteiger partial charge on any atom is 0.258 e. The van der Waals surface area contributed by atoms with Crippen molar-refractivity contribution in [3.63, 3.8) is 0 Å². The Morgan fingerprint density at radius 3 is 1.92 bits per heavy atom. The molecule has 0 N–H and O–H groups in total. The highest BCUT2D eigenvalue weighted by Crippen LogP contribution is 2.23. The fourth-order valence-corrected chi connectivity index (χ4v) is 4.01. The van der Waals surface area contributed by atoms with E-state index in [1.807, 2.05) is 104 Å². The lowest BCUT2D eigenvalue weighted by Crippen LogP contribution is -2.30. The summed E-state index contributed by atoms with van der Waals surface area (Å²) < 4.78 is 5.31. The minimum Gasteiger partial charge on any atom is -0.497 e. The molecule has 0 aliphatic heterocycles. The number of amides is 2. The summed E-state index contributed by atoms with van der Waals surface area (Å²) in [5.41, 5.74) is 4.33. The summed E-state index contributed by atoms with van der Waals surface area (Å²) in [5, 5.41) is 0. The van der Waals surface area contributed by atoms with Crippen LogP contribution in [0.15, 0.2) is 109 Å². The molecular weight excluding hydrogens is 448 g/mol. The zero-order chi connectivity index (χ0) is 25.3. The van der Waals surface area contributed by atoms with E-state index in [1.54, 1.807) is 29.0 Å². The van der Waals surface area contributed by atoms with E-state index in [-0.39, 0.29) is 11.8 Å². The summed E-state index contributed by atoms with van der Waals surface area (Å²) in [6.45, 7) is 0.993. The van der Waals surface area contributed by atoms with Crippen molar-refractivity contribution in [2.75, 3.05) is 19.1 Å². The Morgan fingerprint density at radius 1 is 0.694 bits per heavy atom. The molecule has 0 atom stereocenters. The molecule has 36 heavy (non-hydrogen) atoms. The summed E-state index contributed by atoms with van der Waals surface area (Å²) in [4.78, 5) is 29.8. The van der Waals surface area contributed by atoms with Crippen LogP contribution in [0, 0.1) is 0 Å². The van der Waals surface area contributed by atoms with Crippen molar-refractivity contribution < 1.29 is 14.3 Å². The minimum absolute atomic E-state index is 0.0419. The number of anilines is 1. The van der Waals surface area contributed by atoms with Gasteiger partial charge in [-0.1, -0.05) is 78.9 Å². The quantitative estimate of drug-likeness (QED) is 0.308. The molecule has 2 amide bonds. The number of ether oxygens (including phenoxy) is 1. The third kappa shape index (κ3) is 6.39. The van der Waals surface area contributed by atoms with Gasteiger partial charge in [-0.3, -0.25) is 9.59 Å². The van der Waals surface area contributed by atoms with Gasteiger partial charge >= 0.3 is 0 Å². The Hall–Kier alpha value is -4.38. The van der Waals surface area contributed by atoms with E-state index in [0.717, 1.165) is 22.4 Å². The molecule has 0 heterocycles. The normalized spacial score (nSPS) is 10.5. The molecule has 0 unspecified atom stereocenters. The number of hydrogen-bond donors (Lipinski definition) is 0. The maximum atomic E-state index is 13.6. The highest BCUT2D eigenvalue weighted by atomic mass is 16.5. The molecule has 4 aromatic carbocycles. The average molecular weight is 479 g/mol. The highest BCUT2D eigenvalue weighted by Gasteiger charge is 2.19. The van der Waals surface area contributed by atoms with Crippen LogP contribution in [-0.4, -0.2) is 30.9 Å². The largest absolute Gasteiger partial charge is 0.497 e. The van der Waals surface area contributed by atoms with E-state index in [4.69, 9.17) is 4.74 Å². The first-order valence-corrected chi connectivity index (χ1v) is 11.9. The molecule has 0 bridgehead atoms. The monoisotopic (exact) mass is 478 g/mol. The van der Waals surface area contributed by atoms with Gasteiger partial charge in [-0.05, 0) is 47.0 Å². The van der Waals surface area contributed by atoms with E-state index in [9.17, 15) is 9.59 Å². The summed E-state index contributed by atoms with van der Waals surface area (Å²) in [6.07, 6.45) is 0.298. The summed E-state index contributed by atoms with van der Waals surface area (Å²) >= 11 is 0. The number of carbonyl (C=O) groups excluding carboxylic acids is 2. The van der Waals surface area contributed by atoms with E-state index in [0.29, 0.717) is 30.8 Å². The molecule has 0 fully saturated rings. The van der Waals surface area contributed by atoms with E-state index >= 15 is 0 Å². The fraction of sp³-hybridized carbons (Fsp3) is 0.161. The van der Waals surface area contributed by atoms with Gasteiger partial charge in [0.1, 0.15) is 5.75 Å². The molecular formula is C31H30N2O3. The molecule has 0 aliphatic rings. The highest BCUT2D eigenvalue weighted by molar-refractivity contribution is 6.06. The molecule has 182 valence electrons. The molecule has 0 aromatic heterocycles. The zero-order valence-electron chi connectivity index (χ0n) is 20.6. The van der Waals surface area contributed by atoms with Crippen molar-refractivity contribution in [1.82, 2.24) is 4.90 Å². The number of hydrogen-bond acceptors (Lipinski definition) is 3. The fourth-order valence-electron chi connectivity index (χ4n) is 4.01. The van der Waals surface area contributed by atoms with Gasteiger partial charge in [0.15, 0.2) is 0 Å². The van der Waals surface area contributed by atoms with Crippen molar-refractivity contribution in [2.24, 2.45) is 0 Å². The van der Waals surface area contributed by atoms with Crippen LogP contribution in [0.4, 0.5) is 5.69 Å². The van der Waals surface area contributed by atoms with Gasteiger partial charge in [0.2, 0.25) is 5.91 Å². The second kappa shape index (κ2) is 11.8. The molecule has 4 aromatic rings. The van der Waals surface area contributed by atoms with Crippen LogP contribution in [0.3, 0.4) is 0 Å². The standard InChI is InChI=1S/C31H30N2O3/c1-32(22-25-10-5-3-6-11-25)30(34)20-24-16-18-28(19-17-24)33(23-26-12-7-4-8-13-26)31(35)27-14-9-15-29(21-27)36-2/h3-19,21H,20,22-23H2,1-2H3. The van der Waals surface area contributed by atoms with Crippen molar-refractivity contribution >= 4 is 17.5 Å². The van der Waals surface area contributed by atoms with Gasteiger partial charge in [-0.2, -0.15) is 0 Å². The first kappa shape index (κ1) is 24.7. The second-order valence-electron chi connectivity index (χ2n) is 8.69. The second-order valence-corrected chi connectivity index (χ2v) is 8.69. The van der Waals surface area contributed by atoms with Gasteiger partial charge in [-0.15, -0.1) is 0 Å². The smallest absolute Gasteiger partial charge is 0.258 e. The Labute approximate surface area is 212 Å². The maximum absolute atomic E-state index is 13.6.